The van der Waals surface area contributed by atoms with Crippen molar-refractivity contribution in [1.29, 1.82) is 0 Å². The van der Waals surface area contributed by atoms with E-state index in [-0.39, 0.29) is 23.1 Å². The molecule has 0 bridgehead atoms. The molecule has 0 saturated carbocycles. The van der Waals surface area contributed by atoms with E-state index >= 15 is 0 Å². The van der Waals surface area contributed by atoms with Gasteiger partial charge >= 0.3 is 5.97 Å². The molecule has 0 radical (unpaired) electrons. The molecule has 0 aromatic heterocycles. The fourth-order valence-corrected chi connectivity index (χ4v) is 2.41. The van der Waals surface area contributed by atoms with E-state index in [0.29, 0.717) is 12.0 Å². The number of benzene rings is 1. The number of hydrogen-bond donors (Lipinski definition) is 0. The van der Waals surface area contributed by atoms with Gasteiger partial charge in [-0.05, 0) is 32.4 Å². The van der Waals surface area contributed by atoms with E-state index in [1.165, 1.54) is 11.8 Å². The summed E-state index contributed by atoms with van der Waals surface area (Å²) in [7, 11) is 0. The molecular weight excluding hydrogens is 272 g/mol. The number of hydrogen-bond acceptors (Lipinski definition) is 4. The van der Waals surface area contributed by atoms with Gasteiger partial charge in [0.2, 0.25) is 0 Å². The summed E-state index contributed by atoms with van der Waals surface area (Å²) in [6, 6.07) is 7.36. The highest BCUT2D eigenvalue weighted by Gasteiger charge is 2.18. The van der Waals surface area contributed by atoms with E-state index in [1.807, 2.05) is 39.8 Å². The third kappa shape index (κ3) is 5.00. The van der Waals surface area contributed by atoms with Crippen molar-refractivity contribution in [3.05, 3.63) is 29.8 Å². The molecule has 0 N–H and O–H groups in total. The van der Waals surface area contributed by atoms with Gasteiger partial charge in [0.1, 0.15) is 5.25 Å². The number of ketones is 1. The average molecular weight is 294 g/mol. The molecule has 4 heteroatoms. The van der Waals surface area contributed by atoms with Crippen LogP contribution in [0.5, 0.6) is 0 Å². The quantitative estimate of drug-likeness (QED) is 0.431. The maximum atomic E-state index is 11.8. The summed E-state index contributed by atoms with van der Waals surface area (Å²) in [6.45, 7) is 7.55. The van der Waals surface area contributed by atoms with Gasteiger partial charge in [-0.3, -0.25) is 9.59 Å². The number of rotatable bonds is 7. The van der Waals surface area contributed by atoms with E-state index in [9.17, 15) is 9.59 Å². The van der Waals surface area contributed by atoms with Gasteiger partial charge in [0.25, 0.3) is 0 Å². The van der Waals surface area contributed by atoms with Gasteiger partial charge in [-0.1, -0.05) is 26.0 Å². The molecule has 0 spiro atoms. The largest absolute Gasteiger partial charge is 0.462 e. The van der Waals surface area contributed by atoms with Crippen molar-refractivity contribution in [1.82, 2.24) is 0 Å². The molecule has 0 aliphatic carbocycles. The number of ether oxygens (including phenoxy) is 1. The summed E-state index contributed by atoms with van der Waals surface area (Å²) in [6.07, 6.45) is 1.27. The van der Waals surface area contributed by atoms with Crippen molar-refractivity contribution in [3.63, 3.8) is 0 Å². The zero-order valence-electron chi connectivity index (χ0n) is 12.5. The van der Waals surface area contributed by atoms with Crippen LogP contribution in [0.4, 0.5) is 0 Å². The summed E-state index contributed by atoms with van der Waals surface area (Å²) in [5.41, 5.74) is 0.715. The van der Waals surface area contributed by atoms with Crippen LogP contribution in [0.3, 0.4) is 0 Å². The smallest absolute Gasteiger partial charge is 0.319 e. The summed E-state index contributed by atoms with van der Waals surface area (Å²) in [5.74, 6) is -0.0659. The van der Waals surface area contributed by atoms with Crippen LogP contribution in [0.15, 0.2) is 29.2 Å². The Labute approximate surface area is 125 Å². The monoisotopic (exact) mass is 294 g/mol. The van der Waals surface area contributed by atoms with Gasteiger partial charge in [-0.25, -0.2) is 0 Å². The molecule has 0 aliphatic rings. The van der Waals surface area contributed by atoms with Crippen molar-refractivity contribution in [2.24, 2.45) is 0 Å². The van der Waals surface area contributed by atoms with Crippen LogP contribution in [-0.2, 0) is 9.53 Å². The minimum atomic E-state index is -0.253. The van der Waals surface area contributed by atoms with Crippen LogP contribution < -0.4 is 0 Å². The highest BCUT2D eigenvalue weighted by Crippen LogP contribution is 2.25. The Bertz CT molecular complexity index is 453. The first-order chi connectivity index (χ1) is 9.47. The van der Waals surface area contributed by atoms with Crippen LogP contribution in [0.2, 0.25) is 0 Å². The van der Waals surface area contributed by atoms with Gasteiger partial charge in [0.15, 0.2) is 5.78 Å². The molecule has 2 atom stereocenters. The lowest BCUT2D eigenvalue weighted by Gasteiger charge is -2.15. The zero-order valence-corrected chi connectivity index (χ0v) is 13.3. The highest BCUT2D eigenvalue weighted by atomic mass is 32.2. The number of thioether (sulfide) groups is 1. The molecule has 1 aromatic carbocycles. The molecule has 20 heavy (non-hydrogen) atoms. The van der Waals surface area contributed by atoms with Crippen LogP contribution in [0, 0.1) is 0 Å². The normalized spacial score (nSPS) is 13.6. The summed E-state index contributed by atoms with van der Waals surface area (Å²) < 4.78 is 5.30. The number of carbonyl (C=O) groups is 2. The summed E-state index contributed by atoms with van der Waals surface area (Å²) >= 11 is 1.45. The standard InChI is InChI=1S/C16H22O3S/c1-5-11(3)19-16(18)12(4)20-14-9-7-13(8-10-14)15(17)6-2/h7-12H,5-6H2,1-4H3. The van der Waals surface area contributed by atoms with E-state index in [0.717, 1.165) is 11.3 Å². The molecule has 2 unspecified atom stereocenters. The highest BCUT2D eigenvalue weighted by molar-refractivity contribution is 8.00. The van der Waals surface area contributed by atoms with Gasteiger partial charge in [0, 0.05) is 16.9 Å². The number of carbonyl (C=O) groups excluding carboxylic acids is 2. The van der Waals surface area contributed by atoms with E-state index in [4.69, 9.17) is 4.74 Å². The first kappa shape index (κ1) is 16.8. The second kappa shape index (κ2) is 8.10. The van der Waals surface area contributed by atoms with Crippen molar-refractivity contribution in [3.8, 4) is 0 Å². The summed E-state index contributed by atoms with van der Waals surface area (Å²) in [4.78, 5) is 24.3. The Hall–Kier alpha value is -1.29. The predicted octanol–water partition coefficient (Wildman–Crippen LogP) is 4.10. The van der Waals surface area contributed by atoms with Crippen LogP contribution in [-0.4, -0.2) is 23.1 Å². The molecular formula is C16H22O3S. The maximum Gasteiger partial charge on any atom is 0.319 e. The van der Waals surface area contributed by atoms with Crippen molar-refractivity contribution >= 4 is 23.5 Å². The molecule has 0 amide bonds. The Morgan fingerprint density at radius 2 is 1.75 bits per heavy atom. The molecule has 0 fully saturated rings. The van der Waals surface area contributed by atoms with Gasteiger partial charge in [-0.2, -0.15) is 0 Å². The SMILES string of the molecule is CCC(=O)c1ccc(SC(C)C(=O)OC(C)CC)cc1. The Balaban J connectivity index is 2.60. The first-order valence-corrected chi connectivity index (χ1v) is 7.86. The fourth-order valence-electron chi connectivity index (χ4n) is 1.55. The van der Waals surface area contributed by atoms with E-state index in [1.54, 1.807) is 12.1 Å². The lowest BCUT2D eigenvalue weighted by molar-refractivity contribution is -0.147. The minimum Gasteiger partial charge on any atom is -0.462 e. The van der Waals surface area contributed by atoms with Crippen molar-refractivity contribution in [2.45, 2.75) is 56.8 Å². The zero-order chi connectivity index (χ0) is 15.1. The summed E-state index contributed by atoms with van der Waals surface area (Å²) in [5, 5.41) is -0.253. The Kier molecular flexibility index (Phi) is 6.79. The second-order valence-corrected chi connectivity index (χ2v) is 6.13. The van der Waals surface area contributed by atoms with Gasteiger partial charge < -0.3 is 4.74 Å². The fraction of sp³-hybridized carbons (Fsp3) is 0.500. The Morgan fingerprint density at radius 3 is 2.25 bits per heavy atom. The van der Waals surface area contributed by atoms with E-state index in [2.05, 4.69) is 0 Å². The number of esters is 1. The maximum absolute atomic E-state index is 11.8. The average Bonchev–Trinajstić information content (AvgIpc) is 2.46. The minimum absolute atomic E-state index is 0.0462. The molecule has 3 nitrogen and oxygen atoms in total. The second-order valence-electron chi connectivity index (χ2n) is 4.72. The number of Topliss-reactive ketones (excluding diaryl/α,β-unsaturated/α-hetero) is 1. The van der Waals surface area contributed by atoms with Crippen molar-refractivity contribution < 1.29 is 14.3 Å². The third-order valence-electron chi connectivity index (χ3n) is 3.03. The van der Waals surface area contributed by atoms with E-state index < -0.39 is 0 Å². The third-order valence-corrected chi connectivity index (χ3v) is 4.12. The van der Waals surface area contributed by atoms with Crippen LogP contribution in [0.1, 0.15) is 50.9 Å². The first-order valence-electron chi connectivity index (χ1n) is 6.98. The van der Waals surface area contributed by atoms with Crippen LogP contribution in [0.25, 0.3) is 0 Å². The van der Waals surface area contributed by atoms with Crippen LogP contribution >= 0.6 is 11.8 Å². The lowest BCUT2D eigenvalue weighted by atomic mass is 10.1. The molecule has 110 valence electrons. The molecule has 1 rings (SSSR count). The Morgan fingerprint density at radius 1 is 1.15 bits per heavy atom. The lowest BCUT2D eigenvalue weighted by Crippen LogP contribution is -2.21. The molecule has 0 aliphatic heterocycles. The van der Waals surface area contributed by atoms with Gasteiger partial charge in [0.05, 0.1) is 6.10 Å². The topological polar surface area (TPSA) is 43.4 Å². The molecule has 0 saturated heterocycles. The van der Waals surface area contributed by atoms with Gasteiger partial charge in [-0.15, -0.1) is 11.8 Å². The molecule has 0 heterocycles. The van der Waals surface area contributed by atoms with Crippen molar-refractivity contribution in [2.75, 3.05) is 0 Å². The predicted molar refractivity (Wildman–Crippen MR) is 82.2 cm³/mol. The molecule has 1 aromatic rings.